The van der Waals surface area contributed by atoms with E-state index in [4.69, 9.17) is 9.47 Å². The lowest BCUT2D eigenvalue weighted by Gasteiger charge is -2.34. The molecule has 4 aliphatic rings. The van der Waals surface area contributed by atoms with Crippen LogP contribution >= 0.6 is 0 Å². The first kappa shape index (κ1) is 26.2. The second-order valence-electron chi connectivity index (χ2n) is 10.5. The van der Waals surface area contributed by atoms with Crippen molar-refractivity contribution in [3.8, 4) is 0 Å². The number of hydrogen-bond acceptors (Lipinski definition) is 7. The minimum absolute atomic E-state index is 0.0346. The molecule has 3 fully saturated rings. The Morgan fingerprint density at radius 1 is 1.13 bits per heavy atom. The van der Waals surface area contributed by atoms with E-state index in [1.54, 1.807) is 0 Å². The van der Waals surface area contributed by atoms with Crippen molar-refractivity contribution < 1.29 is 36.2 Å². The number of fused-ring (bicyclic) bond motifs is 3. The molecule has 1 aromatic carbocycles. The van der Waals surface area contributed by atoms with E-state index in [1.165, 1.54) is 28.0 Å². The first-order valence-corrected chi connectivity index (χ1v) is 13.0. The van der Waals surface area contributed by atoms with Crippen LogP contribution in [0, 0.1) is 17.6 Å². The number of aromatic nitrogens is 1. The van der Waals surface area contributed by atoms with E-state index in [1.807, 2.05) is 0 Å². The first-order valence-electron chi connectivity index (χ1n) is 13.0. The van der Waals surface area contributed by atoms with Crippen LogP contribution < -0.4 is 15.5 Å². The number of halogens is 5. The molecule has 8 nitrogen and oxygen atoms in total. The monoisotopic (exact) mass is 553 g/mol. The van der Waals surface area contributed by atoms with Crippen molar-refractivity contribution in [2.24, 2.45) is 5.92 Å². The fraction of sp³-hybridized carbons (Fsp3) is 0.538. The van der Waals surface area contributed by atoms with Gasteiger partial charge in [0.25, 0.3) is 0 Å². The van der Waals surface area contributed by atoms with Gasteiger partial charge in [0, 0.05) is 24.2 Å². The molecule has 5 heterocycles. The van der Waals surface area contributed by atoms with Crippen molar-refractivity contribution >= 4 is 28.8 Å². The van der Waals surface area contributed by atoms with Crippen molar-refractivity contribution in [2.75, 3.05) is 48.4 Å². The quantitative estimate of drug-likeness (QED) is 0.550. The zero-order valence-electron chi connectivity index (χ0n) is 20.9. The largest absolute Gasteiger partial charge is 0.401 e. The fourth-order valence-electron chi connectivity index (χ4n) is 5.89. The third kappa shape index (κ3) is 5.39. The SMILES string of the molecule is O=C(C1CCN(CC(F)(F)F)CC1)N1Cc2cc(F)cnc2Nc2cc(F)c(N[C@@H]3CO[C@@H]4CCO[C@H]34)cc21. The summed E-state index contributed by atoms with van der Waals surface area (Å²) in [6.07, 6.45) is -2.28. The summed E-state index contributed by atoms with van der Waals surface area (Å²) < 4.78 is 79.5. The third-order valence-electron chi connectivity index (χ3n) is 7.80. The van der Waals surface area contributed by atoms with E-state index < -0.39 is 30.3 Å². The van der Waals surface area contributed by atoms with Gasteiger partial charge in [0.2, 0.25) is 5.91 Å². The maximum absolute atomic E-state index is 15.3. The average Bonchev–Trinajstić information content (AvgIpc) is 3.46. The standard InChI is InChI=1S/C26H28F5N5O3/c27-16-7-15-11-36(25(37)14-1-4-35(5-2-14)13-26(29,30)31)21-9-18(17(28)8-19(21)34-24(15)32-10-16)33-20-12-39-22-3-6-38-23(20)22/h7-10,14,20,22-23,33H,1-6,11-13H2,(H,32,34)/t20-,22-,23-/m1/s1. The molecule has 1 amide bonds. The molecule has 6 rings (SSSR count). The molecule has 210 valence electrons. The molecule has 2 aromatic rings. The van der Waals surface area contributed by atoms with Crippen molar-refractivity contribution in [3.05, 3.63) is 41.6 Å². The third-order valence-corrected chi connectivity index (χ3v) is 7.80. The minimum Gasteiger partial charge on any atom is -0.375 e. The highest BCUT2D eigenvalue weighted by Gasteiger charge is 2.42. The lowest BCUT2D eigenvalue weighted by Crippen LogP contribution is -2.45. The number of rotatable bonds is 4. The highest BCUT2D eigenvalue weighted by Crippen LogP contribution is 2.40. The Labute approximate surface area is 221 Å². The summed E-state index contributed by atoms with van der Waals surface area (Å²) in [5, 5.41) is 6.20. The van der Waals surface area contributed by atoms with Crippen LogP contribution in [0.2, 0.25) is 0 Å². The molecule has 0 bridgehead atoms. The molecular formula is C26H28F5N5O3. The Hall–Kier alpha value is -3.03. The van der Waals surface area contributed by atoms with E-state index >= 15 is 4.39 Å². The van der Waals surface area contributed by atoms with Gasteiger partial charge < -0.3 is 25.0 Å². The Bertz CT molecular complexity index is 1250. The molecule has 0 spiro atoms. The van der Waals surface area contributed by atoms with E-state index in [2.05, 4.69) is 15.6 Å². The van der Waals surface area contributed by atoms with Crippen LogP contribution in [-0.2, 0) is 20.8 Å². The number of hydrogen-bond donors (Lipinski definition) is 2. The summed E-state index contributed by atoms with van der Waals surface area (Å²) in [5.74, 6) is -1.72. The van der Waals surface area contributed by atoms with Crippen LogP contribution in [0.15, 0.2) is 24.4 Å². The predicted octanol–water partition coefficient (Wildman–Crippen LogP) is 4.19. The number of piperidine rings is 1. The summed E-state index contributed by atoms with van der Waals surface area (Å²) in [7, 11) is 0. The summed E-state index contributed by atoms with van der Waals surface area (Å²) in [6, 6.07) is 3.76. The van der Waals surface area contributed by atoms with Crippen LogP contribution in [-0.4, -0.2) is 73.1 Å². The maximum atomic E-state index is 15.3. The molecular weight excluding hydrogens is 525 g/mol. The van der Waals surface area contributed by atoms with Gasteiger partial charge in [0.05, 0.1) is 55.1 Å². The summed E-state index contributed by atoms with van der Waals surface area (Å²) in [6.45, 7) is 0.110. The number of benzene rings is 1. The average molecular weight is 554 g/mol. The van der Waals surface area contributed by atoms with E-state index in [0.29, 0.717) is 30.3 Å². The van der Waals surface area contributed by atoms with Gasteiger partial charge in [0.1, 0.15) is 23.6 Å². The molecule has 3 saturated heterocycles. The fourth-order valence-corrected chi connectivity index (χ4v) is 5.89. The van der Waals surface area contributed by atoms with Crippen LogP contribution in [0.4, 0.5) is 44.8 Å². The topological polar surface area (TPSA) is 79.0 Å². The van der Waals surface area contributed by atoms with Gasteiger partial charge in [-0.1, -0.05) is 0 Å². The van der Waals surface area contributed by atoms with E-state index in [9.17, 15) is 22.4 Å². The van der Waals surface area contributed by atoms with Crippen molar-refractivity contribution in [2.45, 2.75) is 50.2 Å². The summed E-state index contributed by atoms with van der Waals surface area (Å²) in [5.41, 5.74) is 1.19. The van der Waals surface area contributed by atoms with Crippen LogP contribution in [0.5, 0.6) is 0 Å². The zero-order chi connectivity index (χ0) is 27.3. The molecule has 0 unspecified atom stereocenters. The van der Waals surface area contributed by atoms with Gasteiger partial charge in [0.15, 0.2) is 0 Å². The summed E-state index contributed by atoms with van der Waals surface area (Å²) in [4.78, 5) is 20.7. The smallest absolute Gasteiger partial charge is 0.375 e. The number of amides is 1. The minimum atomic E-state index is -4.31. The molecule has 1 aromatic heterocycles. The highest BCUT2D eigenvalue weighted by atomic mass is 19.4. The number of carbonyl (C=O) groups is 1. The number of likely N-dealkylation sites (tertiary alicyclic amines) is 1. The van der Waals surface area contributed by atoms with Crippen LogP contribution in [0.1, 0.15) is 24.8 Å². The second-order valence-corrected chi connectivity index (χ2v) is 10.5. The van der Waals surface area contributed by atoms with Gasteiger partial charge in [-0.2, -0.15) is 13.2 Å². The highest BCUT2D eigenvalue weighted by molar-refractivity contribution is 6.00. The molecule has 13 heteroatoms. The Morgan fingerprint density at radius 3 is 2.69 bits per heavy atom. The molecule has 2 N–H and O–H groups in total. The normalized spacial score (nSPS) is 25.5. The van der Waals surface area contributed by atoms with Gasteiger partial charge in [-0.15, -0.1) is 0 Å². The van der Waals surface area contributed by atoms with Gasteiger partial charge in [-0.3, -0.25) is 9.69 Å². The number of carbonyl (C=O) groups excluding carboxylic acids is 1. The Kier molecular flexibility index (Phi) is 6.84. The Morgan fingerprint density at radius 2 is 1.92 bits per heavy atom. The van der Waals surface area contributed by atoms with Gasteiger partial charge >= 0.3 is 6.18 Å². The molecule has 0 radical (unpaired) electrons. The van der Waals surface area contributed by atoms with E-state index in [0.717, 1.165) is 12.6 Å². The lowest BCUT2D eigenvalue weighted by atomic mass is 9.94. The second kappa shape index (κ2) is 10.2. The first-order chi connectivity index (χ1) is 18.6. The zero-order valence-corrected chi connectivity index (χ0v) is 20.9. The molecule has 39 heavy (non-hydrogen) atoms. The number of alkyl halides is 3. The number of anilines is 4. The predicted molar refractivity (Wildman–Crippen MR) is 132 cm³/mol. The number of nitrogens with one attached hydrogen (secondary N) is 2. The van der Waals surface area contributed by atoms with Crippen molar-refractivity contribution in [1.29, 1.82) is 0 Å². The van der Waals surface area contributed by atoms with Gasteiger partial charge in [-0.25, -0.2) is 13.8 Å². The van der Waals surface area contributed by atoms with Crippen LogP contribution in [0.3, 0.4) is 0 Å². The number of ether oxygens (including phenoxy) is 2. The summed E-state index contributed by atoms with van der Waals surface area (Å²) >= 11 is 0. The molecule has 4 aliphatic heterocycles. The van der Waals surface area contributed by atoms with E-state index in [-0.39, 0.29) is 68.0 Å². The maximum Gasteiger partial charge on any atom is 0.401 e. The number of pyridine rings is 1. The molecule has 3 atom stereocenters. The van der Waals surface area contributed by atoms with Gasteiger partial charge in [-0.05, 0) is 44.5 Å². The van der Waals surface area contributed by atoms with Crippen LogP contribution in [0.25, 0.3) is 0 Å². The number of nitrogens with zero attached hydrogens (tertiary/aromatic N) is 3. The lowest BCUT2D eigenvalue weighted by molar-refractivity contribution is -0.149. The Balaban J connectivity index is 1.29. The van der Waals surface area contributed by atoms with Crippen molar-refractivity contribution in [1.82, 2.24) is 9.88 Å². The molecule has 0 saturated carbocycles. The molecule has 0 aliphatic carbocycles. The van der Waals surface area contributed by atoms with Crippen molar-refractivity contribution in [3.63, 3.8) is 0 Å².